The Bertz CT molecular complexity index is 808. The van der Waals surface area contributed by atoms with Gasteiger partial charge in [0.15, 0.2) is 0 Å². The SMILES string of the molecule is CC(C(=O)Nc1cccc2c(=O)[nH][nH]c(=O)c12)C(N)=S. The van der Waals surface area contributed by atoms with Crippen LogP contribution in [0, 0.1) is 5.92 Å². The Balaban J connectivity index is 2.54. The third-order valence-electron chi connectivity index (χ3n) is 2.90. The van der Waals surface area contributed by atoms with Crippen molar-refractivity contribution in [3.8, 4) is 0 Å². The molecule has 2 rings (SSSR count). The summed E-state index contributed by atoms with van der Waals surface area (Å²) in [7, 11) is 0. The van der Waals surface area contributed by atoms with E-state index in [4.69, 9.17) is 18.0 Å². The van der Waals surface area contributed by atoms with Gasteiger partial charge in [0.2, 0.25) is 5.91 Å². The maximum atomic E-state index is 11.9. The number of hydrogen-bond acceptors (Lipinski definition) is 4. The minimum atomic E-state index is -0.679. The monoisotopic (exact) mass is 292 g/mol. The van der Waals surface area contributed by atoms with Crippen molar-refractivity contribution in [2.45, 2.75) is 6.92 Å². The number of H-pyrrole nitrogens is 2. The van der Waals surface area contributed by atoms with Gasteiger partial charge in [-0.05, 0) is 19.1 Å². The van der Waals surface area contributed by atoms with Gasteiger partial charge in [0, 0.05) is 0 Å². The highest BCUT2D eigenvalue weighted by Gasteiger charge is 2.17. The molecule has 20 heavy (non-hydrogen) atoms. The lowest BCUT2D eigenvalue weighted by molar-refractivity contribution is -0.117. The van der Waals surface area contributed by atoms with Crippen LogP contribution in [0.3, 0.4) is 0 Å². The molecule has 5 N–H and O–H groups in total. The summed E-state index contributed by atoms with van der Waals surface area (Å²) in [6.07, 6.45) is 0. The molecule has 0 saturated heterocycles. The normalized spacial score (nSPS) is 12.1. The van der Waals surface area contributed by atoms with Crippen LogP contribution in [0.4, 0.5) is 5.69 Å². The standard InChI is InChI=1S/C12H12N4O3S/c1-5(9(13)20)10(17)14-7-4-2-3-6-8(7)12(19)16-15-11(6)18/h2-5H,1H3,(H2,13,20)(H,14,17)(H,15,18)(H,16,19). The number of fused-ring (bicyclic) bond motifs is 1. The highest BCUT2D eigenvalue weighted by molar-refractivity contribution is 7.80. The number of aromatic nitrogens is 2. The molecule has 0 fully saturated rings. The zero-order valence-electron chi connectivity index (χ0n) is 10.5. The van der Waals surface area contributed by atoms with Crippen molar-refractivity contribution in [3.05, 3.63) is 38.9 Å². The Morgan fingerprint density at radius 2 is 1.95 bits per heavy atom. The third-order valence-corrected chi connectivity index (χ3v) is 3.26. The molecule has 0 bridgehead atoms. The number of hydrogen-bond donors (Lipinski definition) is 4. The predicted octanol–water partition coefficient (Wildman–Crippen LogP) is 0.0771. The smallest absolute Gasteiger partial charge is 0.272 e. The number of nitrogens with two attached hydrogens (primary N) is 1. The Hall–Kier alpha value is -2.48. The molecule has 104 valence electrons. The fourth-order valence-corrected chi connectivity index (χ4v) is 1.81. The minimum absolute atomic E-state index is 0.0505. The summed E-state index contributed by atoms with van der Waals surface area (Å²) in [6, 6.07) is 4.59. The van der Waals surface area contributed by atoms with Crippen LogP contribution in [0.5, 0.6) is 0 Å². The number of anilines is 1. The van der Waals surface area contributed by atoms with Gasteiger partial charge in [-0.25, -0.2) is 0 Å². The van der Waals surface area contributed by atoms with E-state index in [2.05, 4.69) is 15.5 Å². The van der Waals surface area contributed by atoms with Crippen LogP contribution >= 0.6 is 12.2 Å². The van der Waals surface area contributed by atoms with Gasteiger partial charge in [0.25, 0.3) is 11.1 Å². The molecular weight excluding hydrogens is 280 g/mol. The molecule has 0 saturated carbocycles. The van der Waals surface area contributed by atoms with Crippen molar-refractivity contribution in [1.82, 2.24) is 10.2 Å². The Morgan fingerprint density at radius 1 is 1.30 bits per heavy atom. The fourth-order valence-electron chi connectivity index (χ4n) is 1.70. The van der Waals surface area contributed by atoms with Gasteiger partial charge in [0.05, 0.1) is 27.4 Å². The van der Waals surface area contributed by atoms with Crippen molar-refractivity contribution < 1.29 is 4.79 Å². The number of rotatable bonds is 3. The quantitative estimate of drug-likeness (QED) is 0.597. The number of carbonyl (C=O) groups excluding carboxylic acids is 1. The van der Waals surface area contributed by atoms with Crippen LogP contribution in [0.25, 0.3) is 10.8 Å². The van der Waals surface area contributed by atoms with Crippen LogP contribution in [0.2, 0.25) is 0 Å². The van der Waals surface area contributed by atoms with E-state index in [1.54, 1.807) is 13.0 Å². The van der Waals surface area contributed by atoms with Crippen LogP contribution in [0.15, 0.2) is 27.8 Å². The highest BCUT2D eigenvalue weighted by atomic mass is 32.1. The first-order valence-electron chi connectivity index (χ1n) is 5.75. The summed E-state index contributed by atoms with van der Waals surface area (Å²) in [5.74, 6) is -1.12. The van der Waals surface area contributed by atoms with E-state index in [0.717, 1.165) is 0 Å². The zero-order chi connectivity index (χ0) is 14.9. The van der Waals surface area contributed by atoms with Gasteiger partial charge in [-0.2, -0.15) is 0 Å². The number of benzene rings is 1. The maximum absolute atomic E-state index is 11.9. The first-order valence-corrected chi connectivity index (χ1v) is 6.16. The molecule has 0 aliphatic carbocycles. The molecule has 0 aliphatic heterocycles. The van der Waals surface area contributed by atoms with Crippen LogP contribution in [-0.2, 0) is 4.79 Å². The molecule has 1 atom stereocenters. The highest BCUT2D eigenvalue weighted by Crippen LogP contribution is 2.17. The van der Waals surface area contributed by atoms with Crippen LogP contribution in [0.1, 0.15) is 6.92 Å². The molecule has 7 nitrogen and oxygen atoms in total. The predicted molar refractivity (Wildman–Crippen MR) is 79.8 cm³/mol. The Kier molecular flexibility index (Phi) is 3.66. The van der Waals surface area contributed by atoms with E-state index >= 15 is 0 Å². The van der Waals surface area contributed by atoms with Gasteiger partial charge in [-0.15, -0.1) is 0 Å². The molecule has 0 aliphatic rings. The number of thiocarbonyl (C=S) groups is 1. The average Bonchev–Trinajstić information content (AvgIpc) is 2.42. The van der Waals surface area contributed by atoms with Gasteiger partial charge in [-0.3, -0.25) is 24.6 Å². The van der Waals surface area contributed by atoms with E-state index in [0.29, 0.717) is 0 Å². The summed E-state index contributed by atoms with van der Waals surface area (Å²) in [5.41, 5.74) is 4.70. The molecular formula is C12H12N4O3S. The van der Waals surface area contributed by atoms with E-state index in [9.17, 15) is 14.4 Å². The Labute approximate surface area is 118 Å². The summed E-state index contributed by atoms with van der Waals surface area (Å²) >= 11 is 4.75. The van der Waals surface area contributed by atoms with Gasteiger partial charge < -0.3 is 11.1 Å². The zero-order valence-corrected chi connectivity index (χ0v) is 11.3. The van der Waals surface area contributed by atoms with Crippen molar-refractivity contribution in [2.75, 3.05) is 5.32 Å². The summed E-state index contributed by atoms with van der Waals surface area (Å²) < 4.78 is 0. The topological polar surface area (TPSA) is 121 Å². The van der Waals surface area contributed by atoms with Crippen molar-refractivity contribution in [1.29, 1.82) is 0 Å². The van der Waals surface area contributed by atoms with E-state index in [1.165, 1.54) is 12.1 Å². The van der Waals surface area contributed by atoms with Gasteiger partial charge in [0.1, 0.15) is 0 Å². The second kappa shape index (κ2) is 5.25. The lowest BCUT2D eigenvalue weighted by atomic mass is 10.1. The van der Waals surface area contributed by atoms with E-state index < -0.39 is 22.9 Å². The molecule has 1 aromatic heterocycles. The largest absolute Gasteiger partial charge is 0.393 e. The van der Waals surface area contributed by atoms with Crippen molar-refractivity contribution in [2.24, 2.45) is 11.7 Å². The molecule has 1 heterocycles. The summed E-state index contributed by atoms with van der Waals surface area (Å²) in [4.78, 5) is 35.4. The molecule has 0 radical (unpaired) electrons. The third kappa shape index (κ3) is 2.45. The molecule has 8 heteroatoms. The second-order valence-electron chi connectivity index (χ2n) is 4.25. The lowest BCUT2D eigenvalue weighted by Gasteiger charge is -2.11. The number of amides is 1. The number of nitrogens with one attached hydrogen (secondary N) is 3. The molecule has 2 aromatic rings. The molecule has 0 spiro atoms. The van der Waals surface area contributed by atoms with Crippen molar-refractivity contribution >= 4 is 39.6 Å². The first-order chi connectivity index (χ1) is 9.41. The maximum Gasteiger partial charge on any atom is 0.272 e. The van der Waals surface area contributed by atoms with E-state index in [1.807, 2.05) is 0 Å². The van der Waals surface area contributed by atoms with Gasteiger partial charge >= 0.3 is 0 Å². The van der Waals surface area contributed by atoms with E-state index in [-0.39, 0.29) is 21.4 Å². The second-order valence-corrected chi connectivity index (χ2v) is 4.72. The molecule has 1 amide bonds. The number of aromatic amines is 2. The number of carbonyl (C=O) groups is 1. The summed E-state index contributed by atoms with van der Waals surface area (Å²) in [6.45, 7) is 1.56. The molecule has 1 aromatic carbocycles. The minimum Gasteiger partial charge on any atom is -0.393 e. The van der Waals surface area contributed by atoms with Crippen LogP contribution in [-0.4, -0.2) is 21.1 Å². The average molecular weight is 292 g/mol. The lowest BCUT2D eigenvalue weighted by Crippen LogP contribution is -2.31. The Morgan fingerprint density at radius 3 is 2.60 bits per heavy atom. The van der Waals surface area contributed by atoms with Gasteiger partial charge in [-0.1, -0.05) is 18.3 Å². The van der Waals surface area contributed by atoms with Crippen LogP contribution < -0.4 is 22.2 Å². The fraction of sp³-hybridized carbons (Fsp3) is 0.167. The first kappa shape index (κ1) is 13.9. The molecule has 1 unspecified atom stereocenters. The summed E-state index contributed by atoms with van der Waals surface area (Å²) in [5, 5.41) is 7.29. The van der Waals surface area contributed by atoms with Crippen molar-refractivity contribution in [3.63, 3.8) is 0 Å².